The monoisotopic (exact) mass is 468 g/mol. The number of ether oxygens (including phenoxy) is 2. The second-order valence-corrected chi connectivity index (χ2v) is 6.79. The highest BCUT2D eigenvalue weighted by Gasteiger charge is 2.35. The van der Waals surface area contributed by atoms with E-state index in [1.54, 1.807) is 0 Å². The molecule has 0 saturated heterocycles. The first kappa shape index (κ1) is 25.3. The number of esters is 2. The molecular weight excluding hydrogens is 449 g/mol. The normalized spacial score (nSPS) is 12.9. The van der Waals surface area contributed by atoms with Crippen LogP contribution in [-0.2, 0) is 25.2 Å². The van der Waals surface area contributed by atoms with Gasteiger partial charge in [-0.25, -0.2) is 4.79 Å². The third kappa shape index (κ3) is 6.51. The van der Waals surface area contributed by atoms with Crippen LogP contribution in [0.3, 0.4) is 0 Å². The van der Waals surface area contributed by atoms with Crippen molar-refractivity contribution in [2.45, 2.75) is 24.6 Å². The quantitative estimate of drug-likeness (QED) is 0.358. The van der Waals surface area contributed by atoms with Gasteiger partial charge in [-0.1, -0.05) is 18.2 Å². The third-order valence-electron chi connectivity index (χ3n) is 4.74. The smallest absolute Gasteiger partial charge is 0.416 e. The van der Waals surface area contributed by atoms with Gasteiger partial charge >= 0.3 is 18.1 Å². The van der Waals surface area contributed by atoms with Crippen LogP contribution in [0.2, 0.25) is 0 Å². The summed E-state index contributed by atoms with van der Waals surface area (Å²) in [7, 11) is 2.13. The van der Waals surface area contributed by atoms with Gasteiger partial charge in [0.25, 0.3) is 11.6 Å². The highest BCUT2D eigenvalue weighted by atomic mass is 19.4. The van der Waals surface area contributed by atoms with E-state index in [1.807, 2.05) is 0 Å². The molecule has 0 saturated carbocycles. The molecule has 0 aliphatic heterocycles. The first-order valence-corrected chi connectivity index (χ1v) is 9.35. The lowest BCUT2D eigenvalue weighted by molar-refractivity contribution is -0.384. The third-order valence-corrected chi connectivity index (χ3v) is 4.74. The standard InChI is InChI=1S/C21H19F3N2O7/c1-32-17(27)11-16(12-6-8-15(9-7-12)26(30)31)18(20(29)33-2)25-19(28)13-4-3-5-14(10-13)21(22,23)24/h3-10,16,18H,11H2,1-2H3,(H,25,28)/t16-,18-/m1/s1. The highest BCUT2D eigenvalue weighted by molar-refractivity contribution is 5.97. The molecule has 0 fully saturated rings. The Hall–Kier alpha value is -3.96. The number of alkyl halides is 3. The van der Waals surface area contributed by atoms with Crippen molar-refractivity contribution in [2.24, 2.45) is 0 Å². The van der Waals surface area contributed by atoms with Crippen molar-refractivity contribution < 1.29 is 42.0 Å². The average Bonchev–Trinajstić information content (AvgIpc) is 2.80. The molecule has 0 heterocycles. The number of hydrogen-bond donors (Lipinski definition) is 1. The molecule has 0 spiro atoms. The van der Waals surface area contributed by atoms with Gasteiger partial charge in [-0.2, -0.15) is 13.2 Å². The molecule has 0 bridgehead atoms. The number of benzene rings is 2. The molecule has 1 N–H and O–H groups in total. The van der Waals surface area contributed by atoms with Crippen LogP contribution in [0, 0.1) is 10.1 Å². The fraction of sp³-hybridized carbons (Fsp3) is 0.286. The molecule has 2 aromatic rings. The minimum atomic E-state index is -4.69. The Labute approximate surface area is 185 Å². The number of halogens is 3. The first-order valence-electron chi connectivity index (χ1n) is 9.35. The number of nitro groups is 1. The maximum absolute atomic E-state index is 13.0. The number of methoxy groups -OCH3 is 2. The number of nitrogens with zero attached hydrogens (tertiary/aromatic N) is 1. The molecule has 33 heavy (non-hydrogen) atoms. The molecule has 0 aromatic heterocycles. The van der Waals surface area contributed by atoms with E-state index in [-0.39, 0.29) is 16.8 Å². The van der Waals surface area contributed by atoms with Gasteiger partial charge in [-0.15, -0.1) is 0 Å². The molecule has 1 amide bonds. The zero-order valence-electron chi connectivity index (χ0n) is 17.4. The fourth-order valence-corrected chi connectivity index (χ4v) is 3.05. The zero-order valence-corrected chi connectivity index (χ0v) is 17.4. The molecule has 2 rings (SSSR count). The van der Waals surface area contributed by atoms with E-state index in [0.717, 1.165) is 44.6 Å². The minimum absolute atomic E-state index is 0.252. The molecule has 0 radical (unpaired) electrons. The Kier molecular flexibility index (Phi) is 8.10. The van der Waals surface area contributed by atoms with E-state index < -0.39 is 52.9 Å². The van der Waals surface area contributed by atoms with Crippen molar-refractivity contribution in [1.82, 2.24) is 5.32 Å². The average molecular weight is 468 g/mol. The van der Waals surface area contributed by atoms with Gasteiger partial charge in [0.2, 0.25) is 0 Å². The molecular formula is C21H19F3N2O7. The lowest BCUT2D eigenvalue weighted by atomic mass is 9.88. The van der Waals surface area contributed by atoms with Crippen molar-refractivity contribution in [3.8, 4) is 0 Å². The molecule has 0 unspecified atom stereocenters. The van der Waals surface area contributed by atoms with Gasteiger partial charge in [0.15, 0.2) is 0 Å². The summed E-state index contributed by atoms with van der Waals surface area (Å²) >= 11 is 0. The predicted octanol–water partition coefficient (Wildman–Crippen LogP) is 3.23. The first-order chi connectivity index (χ1) is 15.5. The van der Waals surface area contributed by atoms with Crippen LogP contribution in [-0.4, -0.2) is 43.0 Å². The second kappa shape index (κ2) is 10.6. The Morgan fingerprint density at radius 1 is 1.06 bits per heavy atom. The topological polar surface area (TPSA) is 125 Å². The fourth-order valence-electron chi connectivity index (χ4n) is 3.05. The van der Waals surface area contributed by atoms with Crippen LogP contribution in [0.25, 0.3) is 0 Å². The number of rotatable bonds is 8. The summed E-state index contributed by atoms with van der Waals surface area (Å²) in [5.41, 5.74) is -1.44. The zero-order chi connectivity index (χ0) is 24.8. The summed E-state index contributed by atoms with van der Waals surface area (Å²) in [6, 6.07) is 6.91. The Bertz CT molecular complexity index is 1040. The predicted molar refractivity (Wildman–Crippen MR) is 107 cm³/mol. The van der Waals surface area contributed by atoms with E-state index in [9.17, 15) is 37.7 Å². The molecule has 2 atom stereocenters. The number of carbonyl (C=O) groups is 3. The SMILES string of the molecule is COC(=O)C[C@H](c1ccc([N+](=O)[O-])cc1)[C@@H](NC(=O)c1cccc(C(F)(F)F)c1)C(=O)OC. The van der Waals surface area contributed by atoms with Crippen LogP contribution in [0.4, 0.5) is 18.9 Å². The maximum Gasteiger partial charge on any atom is 0.416 e. The lowest BCUT2D eigenvalue weighted by Crippen LogP contribution is -2.46. The van der Waals surface area contributed by atoms with Crippen LogP contribution >= 0.6 is 0 Å². The maximum atomic E-state index is 13.0. The van der Waals surface area contributed by atoms with Crippen LogP contribution in [0.1, 0.15) is 33.8 Å². The van der Waals surface area contributed by atoms with Crippen molar-refractivity contribution in [3.05, 3.63) is 75.3 Å². The summed E-state index contributed by atoms with van der Waals surface area (Å²) in [5, 5.41) is 13.2. The van der Waals surface area contributed by atoms with E-state index >= 15 is 0 Å². The number of nitro benzene ring substituents is 1. The van der Waals surface area contributed by atoms with Crippen LogP contribution in [0.5, 0.6) is 0 Å². The summed E-state index contributed by atoms with van der Waals surface area (Å²) < 4.78 is 48.3. The van der Waals surface area contributed by atoms with E-state index in [1.165, 1.54) is 12.1 Å². The Morgan fingerprint density at radius 2 is 1.70 bits per heavy atom. The van der Waals surface area contributed by atoms with Crippen molar-refractivity contribution in [1.29, 1.82) is 0 Å². The van der Waals surface area contributed by atoms with E-state index in [4.69, 9.17) is 4.74 Å². The van der Waals surface area contributed by atoms with Crippen molar-refractivity contribution in [2.75, 3.05) is 14.2 Å². The van der Waals surface area contributed by atoms with Crippen LogP contribution in [0.15, 0.2) is 48.5 Å². The number of non-ortho nitro benzene ring substituents is 1. The van der Waals surface area contributed by atoms with Gasteiger partial charge in [-0.3, -0.25) is 19.7 Å². The van der Waals surface area contributed by atoms with Gasteiger partial charge in [-0.05, 0) is 23.8 Å². The van der Waals surface area contributed by atoms with E-state index in [2.05, 4.69) is 10.1 Å². The van der Waals surface area contributed by atoms with Crippen molar-refractivity contribution in [3.63, 3.8) is 0 Å². The largest absolute Gasteiger partial charge is 0.469 e. The molecule has 0 aliphatic carbocycles. The number of carbonyl (C=O) groups excluding carboxylic acids is 3. The van der Waals surface area contributed by atoms with Gasteiger partial charge in [0.05, 0.1) is 31.1 Å². The molecule has 2 aromatic carbocycles. The molecule has 0 aliphatic rings. The van der Waals surface area contributed by atoms with Gasteiger partial charge in [0.1, 0.15) is 6.04 Å². The summed E-state index contributed by atoms with van der Waals surface area (Å²) in [6.07, 6.45) is -5.12. The van der Waals surface area contributed by atoms with Gasteiger partial charge in [0, 0.05) is 23.6 Å². The van der Waals surface area contributed by atoms with E-state index in [0.29, 0.717) is 6.07 Å². The second-order valence-electron chi connectivity index (χ2n) is 6.79. The Balaban J connectivity index is 2.44. The van der Waals surface area contributed by atoms with Gasteiger partial charge < -0.3 is 14.8 Å². The summed E-state index contributed by atoms with van der Waals surface area (Å²) in [5.74, 6) is -3.86. The highest BCUT2D eigenvalue weighted by Crippen LogP contribution is 2.30. The number of amides is 1. The van der Waals surface area contributed by atoms with Crippen LogP contribution < -0.4 is 5.32 Å². The number of hydrogen-bond acceptors (Lipinski definition) is 7. The summed E-state index contributed by atoms with van der Waals surface area (Å²) in [4.78, 5) is 47.4. The minimum Gasteiger partial charge on any atom is -0.469 e. The number of nitrogens with one attached hydrogen (secondary N) is 1. The Morgan fingerprint density at radius 3 is 2.21 bits per heavy atom. The molecule has 12 heteroatoms. The molecule has 176 valence electrons. The van der Waals surface area contributed by atoms with Crippen molar-refractivity contribution >= 4 is 23.5 Å². The summed E-state index contributed by atoms with van der Waals surface area (Å²) in [6.45, 7) is 0. The molecule has 9 nitrogen and oxygen atoms in total. The lowest BCUT2D eigenvalue weighted by Gasteiger charge is -2.26.